The standard InChI is InChI=1S/C22H21ClN4O5S/c1-4-26-12(2)18(21(29)32-3)19(25-22(26)33)13-5-7-14(8-6-13)24-20(28)16-10-9-15(27(30)31)11-17(16)23/h5-11,19H,4H2,1-3H3,(H,24,28)(H,25,33). The van der Waals surface area contributed by atoms with Crippen LogP contribution >= 0.6 is 23.8 Å². The van der Waals surface area contributed by atoms with Gasteiger partial charge in [0.2, 0.25) is 0 Å². The molecule has 0 aliphatic carbocycles. The minimum absolute atomic E-state index is 0.0259. The van der Waals surface area contributed by atoms with Crippen molar-refractivity contribution >= 4 is 52.2 Å². The maximum absolute atomic E-state index is 12.6. The summed E-state index contributed by atoms with van der Waals surface area (Å²) in [6.45, 7) is 4.35. The number of esters is 1. The van der Waals surface area contributed by atoms with Gasteiger partial charge in [0, 0.05) is 30.1 Å². The molecule has 1 aliphatic heterocycles. The maximum atomic E-state index is 12.6. The lowest BCUT2D eigenvalue weighted by molar-refractivity contribution is -0.384. The molecule has 172 valence electrons. The molecule has 0 spiro atoms. The summed E-state index contributed by atoms with van der Waals surface area (Å²) >= 11 is 11.5. The molecule has 2 N–H and O–H groups in total. The third-order valence-corrected chi connectivity index (χ3v) is 5.88. The molecule has 0 radical (unpaired) electrons. The molecule has 0 aromatic heterocycles. The molecule has 1 heterocycles. The van der Waals surface area contributed by atoms with E-state index in [1.165, 1.54) is 19.2 Å². The molecule has 1 aliphatic rings. The van der Waals surface area contributed by atoms with Gasteiger partial charge in [-0.05, 0) is 49.8 Å². The van der Waals surface area contributed by atoms with E-state index in [2.05, 4.69) is 10.6 Å². The first-order valence-electron chi connectivity index (χ1n) is 9.90. The van der Waals surface area contributed by atoms with Crippen molar-refractivity contribution < 1.29 is 19.2 Å². The molecule has 0 saturated carbocycles. The monoisotopic (exact) mass is 488 g/mol. The molecule has 0 bridgehead atoms. The van der Waals surface area contributed by atoms with Crippen LogP contribution in [0.5, 0.6) is 0 Å². The quantitative estimate of drug-likeness (QED) is 0.269. The molecular weight excluding hydrogens is 468 g/mol. The first kappa shape index (κ1) is 24.1. The van der Waals surface area contributed by atoms with Gasteiger partial charge in [0.25, 0.3) is 11.6 Å². The fourth-order valence-electron chi connectivity index (χ4n) is 3.55. The van der Waals surface area contributed by atoms with Crippen molar-refractivity contribution in [2.24, 2.45) is 0 Å². The summed E-state index contributed by atoms with van der Waals surface area (Å²) in [5.74, 6) is -0.972. The Balaban J connectivity index is 1.84. The third-order valence-electron chi connectivity index (χ3n) is 5.23. The second kappa shape index (κ2) is 9.97. The van der Waals surface area contributed by atoms with Gasteiger partial charge in [-0.25, -0.2) is 4.79 Å². The molecule has 2 aromatic rings. The number of thiocarbonyl (C=S) groups is 1. The van der Waals surface area contributed by atoms with Crippen molar-refractivity contribution in [2.75, 3.05) is 19.0 Å². The number of anilines is 1. The number of nitro benzene ring substituents is 1. The van der Waals surface area contributed by atoms with Crippen LogP contribution < -0.4 is 10.6 Å². The number of non-ortho nitro benzene ring substituents is 1. The number of ether oxygens (including phenoxy) is 1. The van der Waals surface area contributed by atoms with Gasteiger partial charge in [-0.3, -0.25) is 14.9 Å². The van der Waals surface area contributed by atoms with Crippen molar-refractivity contribution in [3.05, 3.63) is 80.0 Å². The van der Waals surface area contributed by atoms with Crippen molar-refractivity contribution in [1.82, 2.24) is 10.2 Å². The van der Waals surface area contributed by atoms with Crippen LogP contribution in [0.25, 0.3) is 0 Å². The number of hydrogen-bond acceptors (Lipinski definition) is 6. The Hall–Kier alpha value is -3.50. The number of nitrogens with one attached hydrogen (secondary N) is 2. The number of nitrogens with zero attached hydrogens (tertiary/aromatic N) is 2. The van der Waals surface area contributed by atoms with Crippen molar-refractivity contribution in [3.8, 4) is 0 Å². The van der Waals surface area contributed by atoms with Gasteiger partial charge in [0.15, 0.2) is 5.11 Å². The van der Waals surface area contributed by atoms with E-state index in [-0.39, 0.29) is 16.3 Å². The van der Waals surface area contributed by atoms with E-state index in [1.807, 2.05) is 18.7 Å². The second-order valence-corrected chi connectivity index (χ2v) is 7.91. The number of halogens is 1. The SMILES string of the molecule is CCN1C(=S)NC(c2ccc(NC(=O)c3ccc([N+](=O)[O-])cc3Cl)cc2)C(C(=O)OC)=C1C. The van der Waals surface area contributed by atoms with E-state index < -0.39 is 22.8 Å². The van der Waals surface area contributed by atoms with Gasteiger partial charge >= 0.3 is 5.97 Å². The summed E-state index contributed by atoms with van der Waals surface area (Å²) < 4.78 is 4.98. The van der Waals surface area contributed by atoms with Crippen LogP contribution in [0.4, 0.5) is 11.4 Å². The summed E-state index contributed by atoms with van der Waals surface area (Å²) in [5, 5.41) is 17.2. The van der Waals surface area contributed by atoms with Crippen molar-refractivity contribution in [2.45, 2.75) is 19.9 Å². The second-order valence-electron chi connectivity index (χ2n) is 7.11. The molecule has 2 aromatic carbocycles. The lowest BCUT2D eigenvalue weighted by Gasteiger charge is -2.36. The van der Waals surface area contributed by atoms with Crippen LogP contribution in [0.3, 0.4) is 0 Å². The van der Waals surface area contributed by atoms with Crippen molar-refractivity contribution in [3.63, 3.8) is 0 Å². The fraction of sp³-hybridized carbons (Fsp3) is 0.227. The number of allylic oxidation sites excluding steroid dienone is 1. The lowest BCUT2D eigenvalue weighted by Crippen LogP contribution is -2.47. The highest BCUT2D eigenvalue weighted by Gasteiger charge is 2.33. The molecule has 0 fully saturated rings. The summed E-state index contributed by atoms with van der Waals surface area (Å²) in [7, 11) is 1.32. The molecular formula is C22H21ClN4O5S. The van der Waals surface area contributed by atoms with E-state index in [4.69, 9.17) is 28.6 Å². The molecule has 1 amide bonds. The van der Waals surface area contributed by atoms with Gasteiger partial charge < -0.3 is 20.3 Å². The van der Waals surface area contributed by atoms with Gasteiger partial charge in [-0.15, -0.1) is 0 Å². The molecule has 9 nitrogen and oxygen atoms in total. The van der Waals surface area contributed by atoms with E-state index in [0.717, 1.165) is 11.6 Å². The predicted molar refractivity (Wildman–Crippen MR) is 128 cm³/mol. The van der Waals surface area contributed by atoms with Crippen LogP contribution in [-0.2, 0) is 9.53 Å². The molecule has 1 atom stereocenters. The highest BCUT2D eigenvalue weighted by Crippen LogP contribution is 2.32. The Kier molecular flexibility index (Phi) is 7.29. The number of rotatable bonds is 6. The number of hydrogen-bond donors (Lipinski definition) is 2. The number of methoxy groups -OCH3 is 1. The van der Waals surface area contributed by atoms with Crippen LogP contribution in [0.2, 0.25) is 5.02 Å². The van der Waals surface area contributed by atoms with Crippen LogP contribution in [0, 0.1) is 10.1 Å². The minimum atomic E-state index is -0.588. The van der Waals surface area contributed by atoms with Gasteiger partial charge in [-0.2, -0.15) is 0 Å². The van der Waals surface area contributed by atoms with E-state index in [0.29, 0.717) is 28.6 Å². The third kappa shape index (κ3) is 4.96. The zero-order valence-electron chi connectivity index (χ0n) is 18.0. The highest BCUT2D eigenvalue weighted by molar-refractivity contribution is 7.80. The summed E-state index contributed by atoms with van der Waals surface area (Å²) in [4.78, 5) is 37.1. The van der Waals surface area contributed by atoms with Crippen LogP contribution in [0.15, 0.2) is 53.7 Å². The number of benzene rings is 2. The van der Waals surface area contributed by atoms with E-state index in [1.54, 1.807) is 24.3 Å². The van der Waals surface area contributed by atoms with Crippen LogP contribution in [-0.4, -0.2) is 40.5 Å². The Bertz CT molecular complexity index is 1170. The Labute approximate surface area is 200 Å². The number of carbonyl (C=O) groups excluding carboxylic acids is 2. The molecule has 33 heavy (non-hydrogen) atoms. The minimum Gasteiger partial charge on any atom is -0.466 e. The Morgan fingerprint density at radius 3 is 2.48 bits per heavy atom. The number of nitro groups is 1. The van der Waals surface area contributed by atoms with E-state index in [9.17, 15) is 19.7 Å². The number of carbonyl (C=O) groups is 2. The summed E-state index contributed by atoms with van der Waals surface area (Å²) in [6.07, 6.45) is 0. The smallest absolute Gasteiger partial charge is 0.337 e. The molecule has 11 heteroatoms. The van der Waals surface area contributed by atoms with E-state index >= 15 is 0 Å². The first-order chi connectivity index (χ1) is 15.7. The molecule has 1 unspecified atom stereocenters. The average molecular weight is 489 g/mol. The summed E-state index contributed by atoms with van der Waals surface area (Å²) in [6, 6.07) is 9.98. The number of amides is 1. The molecule has 0 saturated heterocycles. The van der Waals surface area contributed by atoms with Crippen molar-refractivity contribution in [1.29, 1.82) is 0 Å². The topological polar surface area (TPSA) is 114 Å². The largest absolute Gasteiger partial charge is 0.466 e. The summed E-state index contributed by atoms with van der Waals surface area (Å²) in [5.41, 5.74) is 2.29. The first-order valence-corrected chi connectivity index (χ1v) is 10.7. The lowest BCUT2D eigenvalue weighted by atomic mass is 9.95. The maximum Gasteiger partial charge on any atom is 0.337 e. The normalized spacial score (nSPS) is 15.7. The van der Waals surface area contributed by atoms with Gasteiger partial charge in [0.1, 0.15) is 0 Å². The Morgan fingerprint density at radius 1 is 1.27 bits per heavy atom. The van der Waals surface area contributed by atoms with Crippen LogP contribution in [0.1, 0.15) is 35.8 Å². The zero-order chi connectivity index (χ0) is 24.3. The molecule has 3 rings (SSSR count). The average Bonchev–Trinajstić information content (AvgIpc) is 2.78. The van der Waals surface area contributed by atoms with Gasteiger partial charge in [0.05, 0.1) is 34.2 Å². The zero-order valence-corrected chi connectivity index (χ0v) is 19.6. The Morgan fingerprint density at radius 2 is 1.94 bits per heavy atom. The fourth-order valence-corrected chi connectivity index (χ4v) is 4.19. The highest BCUT2D eigenvalue weighted by atomic mass is 35.5. The predicted octanol–water partition coefficient (Wildman–Crippen LogP) is 4.20. The van der Waals surface area contributed by atoms with Gasteiger partial charge in [-0.1, -0.05) is 23.7 Å².